The second-order valence-electron chi connectivity index (χ2n) is 4.75. The normalized spacial score (nSPS) is 11.0. The van der Waals surface area contributed by atoms with Crippen LogP contribution in [0.2, 0.25) is 0 Å². The summed E-state index contributed by atoms with van der Waals surface area (Å²) in [4.78, 5) is 20.4. The van der Waals surface area contributed by atoms with Gasteiger partial charge in [-0.3, -0.25) is 25.7 Å². The zero-order chi connectivity index (χ0) is 17.7. The molecule has 0 radical (unpaired) electrons. The number of nitro benzene ring substituents is 2. The van der Waals surface area contributed by atoms with E-state index >= 15 is 0 Å². The van der Waals surface area contributed by atoms with Crippen LogP contribution in [0.1, 0.15) is 12.5 Å². The minimum absolute atomic E-state index is 0.0680. The minimum atomic E-state index is -0.701. The maximum absolute atomic E-state index is 11.1. The van der Waals surface area contributed by atoms with Crippen LogP contribution in [0.4, 0.5) is 17.1 Å². The second-order valence-corrected chi connectivity index (χ2v) is 4.75. The fraction of sp³-hybridized carbons (Fsp3) is 0.133. The fourth-order valence-corrected chi connectivity index (χ4v) is 1.92. The SMILES string of the molecule is COc1ccc(/C(C)=N/Nc2ccc([N+](=O)[O-])cc2[N+](=O)[O-])cc1. The molecule has 2 aromatic carbocycles. The number of nitrogens with one attached hydrogen (secondary N) is 1. The van der Waals surface area contributed by atoms with Gasteiger partial charge in [0.2, 0.25) is 0 Å². The van der Waals surface area contributed by atoms with E-state index in [1.54, 1.807) is 38.3 Å². The highest BCUT2D eigenvalue weighted by Crippen LogP contribution is 2.29. The Labute approximate surface area is 136 Å². The van der Waals surface area contributed by atoms with Crippen molar-refractivity contribution in [3.05, 3.63) is 68.3 Å². The molecule has 24 heavy (non-hydrogen) atoms. The first-order chi connectivity index (χ1) is 11.4. The maximum Gasteiger partial charge on any atom is 0.301 e. The Morgan fingerprint density at radius 1 is 1.08 bits per heavy atom. The molecule has 0 spiro atoms. The summed E-state index contributed by atoms with van der Waals surface area (Å²) in [6, 6.07) is 10.4. The van der Waals surface area contributed by atoms with Gasteiger partial charge >= 0.3 is 5.69 Å². The van der Waals surface area contributed by atoms with Crippen molar-refractivity contribution in [2.75, 3.05) is 12.5 Å². The van der Waals surface area contributed by atoms with Crippen molar-refractivity contribution < 1.29 is 14.6 Å². The smallest absolute Gasteiger partial charge is 0.301 e. The molecular formula is C15H14N4O5. The summed E-state index contributed by atoms with van der Waals surface area (Å²) < 4.78 is 5.07. The van der Waals surface area contributed by atoms with E-state index in [0.29, 0.717) is 11.5 Å². The molecule has 2 aromatic rings. The van der Waals surface area contributed by atoms with E-state index in [1.165, 1.54) is 12.1 Å². The highest BCUT2D eigenvalue weighted by atomic mass is 16.6. The summed E-state index contributed by atoms with van der Waals surface area (Å²) in [6.45, 7) is 1.73. The number of hydrazone groups is 1. The molecule has 1 N–H and O–H groups in total. The zero-order valence-electron chi connectivity index (χ0n) is 12.9. The Morgan fingerprint density at radius 3 is 2.29 bits per heavy atom. The number of ether oxygens (including phenoxy) is 1. The number of nitro groups is 2. The molecule has 9 heteroatoms. The van der Waals surface area contributed by atoms with E-state index in [2.05, 4.69) is 10.5 Å². The molecule has 0 unspecified atom stereocenters. The van der Waals surface area contributed by atoms with Gasteiger partial charge in [-0.15, -0.1) is 0 Å². The standard InChI is InChI=1S/C15H14N4O5/c1-10(11-3-6-13(24-2)7-4-11)16-17-14-8-5-12(18(20)21)9-15(14)19(22)23/h3-9,17H,1-2H3/b16-10+. The first kappa shape index (κ1) is 16.9. The third kappa shape index (κ3) is 3.83. The summed E-state index contributed by atoms with van der Waals surface area (Å²) in [5, 5.41) is 25.9. The Bertz CT molecular complexity index is 802. The van der Waals surface area contributed by atoms with Gasteiger partial charge in [0.15, 0.2) is 0 Å². The molecule has 2 rings (SSSR count). The van der Waals surface area contributed by atoms with E-state index in [-0.39, 0.29) is 11.4 Å². The van der Waals surface area contributed by atoms with Crippen LogP contribution < -0.4 is 10.2 Å². The monoisotopic (exact) mass is 330 g/mol. The molecule has 0 aromatic heterocycles. The topological polar surface area (TPSA) is 120 Å². The molecule has 0 atom stereocenters. The predicted octanol–water partition coefficient (Wildman–Crippen LogP) is 3.35. The molecule has 124 valence electrons. The average Bonchev–Trinajstić information content (AvgIpc) is 2.59. The number of non-ortho nitro benzene ring substituents is 1. The van der Waals surface area contributed by atoms with E-state index in [4.69, 9.17) is 4.74 Å². The summed E-state index contributed by atoms with van der Waals surface area (Å²) in [5.74, 6) is 0.700. The van der Waals surface area contributed by atoms with Gasteiger partial charge in [-0.1, -0.05) is 0 Å². The quantitative estimate of drug-likeness (QED) is 0.492. The van der Waals surface area contributed by atoms with Gasteiger partial charge in [0.05, 0.1) is 28.7 Å². The van der Waals surface area contributed by atoms with Crippen molar-refractivity contribution in [1.82, 2.24) is 0 Å². The number of rotatable bonds is 6. The molecule has 0 aliphatic heterocycles. The highest BCUT2D eigenvalue weighted by Gasteiger charge is 2.19. The lowest BCUT2D eigenvalue weighted by molar-refractivity contribution is -0.393. The predicted molar refractivity (Wildman–Crippen MR) is 88.6 cm³/mol. The van der Waals surface area contributed by atoms with Crippen molar-refractivity contribution in [2.24, 2.45) is 5.10 Å². The third-order valence-corrected chi connectivity index (χ3v) is 3.24. The largest absolute Gasteiger partial charge is 0.497 e. The van der Waals surface area contributed by atoms with E-state index in [9.17, 15) is 20.2 Å². The summed E-state index contributed by atoms with van der Waals surface area (Å²) in [5.41, 5.74) is 3.26. The maximum atomic E-state index is 11.1. The zero-order valence-corrected chi connectivity index (χ0v) is 12.9. The summed E-state index contributed by atoms with van der Waals surface area (Å²) >= 11 is 0. The molecule has 0 fully saturated rings. The van der Waals surface area contributed by atoms with Crippen LogP contribution in [0, 0.1) is 20.2 Å². The van der Waals surface area contributed by atoms with Crippen LogP contribution in [-0.4, -0.2) is 22.7 Å². The van der Waals surface area contributed by atoms with Crippen molar-refractivity contribution in [3.8, 4) is 5.75 Å². The van der Waals surface area contributed by atoms with Gasteiger partial charge in [0.1, 0.15) is 11.4 Å². The molecule has 0 aliphatic rings. The Balaban J connectivity index is 2.26. The number of methoxy groups -OCH3 is 1. The molecule has 0 heterocycles. The number of benzene rings is 2. The van der Waals surface area contributed by atoms with Crippen molar-refractivity contribution in [1.29, 1.82) is 0 Å². The van der Waals surface area contributed by atoms with Gasteiger partial charge in [-0.2, -0.15) is 5.10 Å². The molecule has 0 saturated carbocycles. The van der Waals surface area contributed by atoms with Crippen LogP contribution in [0.3, 0.4) is 0 Å². The Kier molecular flexibility index (Phi) is 5.05. The molecule has 0 aliphatic carbocycles. The van der Waals surface area contributed by atoms with Crippen LogP contribution in [0.5, 0.6) is 5.75 Å². The number of hydrogen-bond acceptors (Lipinski definition) is 7. The number of nitrogens with zero attached hydrogens (tertiary/aromatic N) is 3. The summed E-state index contributed by atoms with van der Waals surface area (Å²) in [7, 11) is 1.56. The van der Waals surface area contributed by atoms with Gasteiger partial charge in [-0.25, -0.2) is 0 Å². The van der Waals surface area contributed by atoms with E-state index < -0.39 is 15.5 Å². The van der Waals surface area contributed by atoms with Crippen LogP contribution >= 0.6 is 0 Å². The lowest BCUT2D eigenvalue weighted by atomic mass is 10.1. The highest BCUT2D eigenvalue weighted by molar-refractivity contribution is 5.99. The molecule has 0 amide bonds. The molecular weight excluding hydrogens is 316 g/mol. The summed E-state index contributed by atoms with van der Waals surface area (Å²) in [6.07, 6.45) is 0. The lowest BCUT2D eigenvalue weighted by Gasteiger charge is -2.05. The second kappa shape index (κ2) is 7.18. The number of anilines is 1. The van der Waals surface area contributed by atoms with E-state index in [0.717, 1.165) is 11.6 Å². The van der Waals surface area contributed by atoms with Crippen LogP contribution in [0.15, 0.2) is 47.6 Å². The minimum Gasteiger partial charge on any atom is -0.497 e. The van der Waals surface area contributed by atoms with Crippen molar-refractivity contribution in [2.45, 2.75) is 6.92 Å². The average molecular weight is 330 g/mol. The van der Waals surface area contributed by atoms with Crippen LogP contribution in [-0.2, 0) is 0 Å². The van der Waals surface area contributed by atoms with Gasteiger partial charge < -0.3 is 4.74 Å². The number of hydrogen-bond donors (Lipinski definition) is 1. The van der Waals surface area contributed by atoms with Gasteiger partial charge in [-0.05, 0) is 42.8 Å². The fourth-order valence-electron chi connectivity index (χ4n) is 1.92. The Morgan fingerprint density at radius 2 is 1.75 bits per heavy atom. The molecule has 0 bridgehead atoms. The molecule has 9 nitrogen and oxygen atoms in total. The van der Waals surface area contributed by atoms with Gasteiger partial charge in [0, 0.05) is 6.07 Å². The van der Waals surface area contributed by atoms with Gasteiger partial charge in [0.25, 0.3) is 5.69 Å². The van der Waals surface area contributed by atoms with E-state index in [1.807, 2.05) is 0 Å². The first-order valence-electron chi connectivity index (χ1n) is 6.80. The third-order valence-electron chi connectivity index (χ3n) is 3.24. The van der Waals surface area contributed by atoms with Crippen molar-refractivity contribution >= 4 is 22.8 Å². The molecule has 0 saturated heterocycles. The lowest BCUT2D eigenvalue weighted by Crippen LogP contribution is -2.02. The first-order valence-corrected chi connectivity index (χ1v) is 6.80. The van der Waals surface area contributed by atoms with Crippen molar-refractivity contribution in [3.63, 3.8) is 0 Å². The van der Waals surface area contributed by atoms with Crippen LogP contribution in [0.25, 0.3) is 0 Å². The Hall–Kier alpha value is -3.49.